The summed E-state index contributed by atoms with van der Waals surface area (Å²) >= 11 is 0. The summed E-state index contributed by atoms with van der Waals surface area (Å²) in [6.07, 6.45) is 4.65. The molecule has 0 saturated heterocycles. The zero-order valence-corrected chi connectivity index (χ0v) is 16.5. The van der Waals surface area contributed by atoms with Gasteiger partial charge in [-0.3, -0.25) is 4.79 Å². The van der Waals surface area contributed by atoms with Crippen LogP contribution >= 0.6 is 0 Å². The van der Waals surface area contributed by atoms with Crippen molar-refractivity contribution in [3.8, 4) is 11.5 Å². The number of nitrogens with zero attached hydrogens (tertiary/aromatic N) is 2. The molecule has 1 aliphatic heterocycles. The van der Waals surface area contributed by atoms with Gasteiger partial charge in [0, 0.05) is 24.5 Å². The first-order chi connectivity index (χ1) is 14.6. The molecule has 2 heterocycles. The van der Waals surface area contributed by atoms with Crippen molar-refractivity contribution in [2.45, 2.75) is 18.6 Å². The Morgan fingerprint density at radius 3 is 2.73 bits per heavy atom. The fourth-order valence-corrected chi connectivity index (χ4v) is 4.30. The molecule has 7 nitrogen and oxygen atoms in total. The Balaban J connectivity index is 1.71. The van der Waals surface area contributed by atoms with E-state index < -0.39 is 11.3 Å². The van der Waals surface area contributed by atoms with Crippen molar-refractivity contribution in [1.82, 2.24) is 9.78 Å². The molecule has 152 valence electrons. The number of ether oxygens (including phenoxy) is 3. The minimum Gasteiger partial charge on any atom is -0.454 e. The molecule has 0 bridgehead atoms. The highest BCUT2D eigenvalue weighted by atomic mass is 16.7. The van der Waals surface area contributed by atoms with Crippen LogP contribution in [0.4, 0.5) is 0 Å². The first-order valence-corrected chi connectivity index (χ1v) is 9.66. The quantitative estimate of drug-likeness (QED) is 0.708. The van der Waals surface area contributed by atoms with Crippen LogP contribution in [0.3, 0.4) is 0 Å². The van der Waals surface area contributed by atoms with E-state index in [1.807, 2.05) is 36.4 Å². The summed E-state index contributed by atoms with van der Waals surface area (Å²) in [4.78, 5) is 12.0. The van der Waals surface area contributed by atoms with Gasteiger partial charge in [-0.2, -0.15) is 5.10 Å². The summed E-state index contributed by atoms with van der Waals surface area (Å²) < 4.78 is 18.2. The third-order valence-corrected chi connectivity index (χ3v) is 5.74. The van der Waals surface area contributed by atoms with E-state index in [-0.39, 0.29) is 19.2 Å². The average Bonchev–Trinajstić information content (AvgIpc) is 3.38. The average molecular weight is 403 g/mol. The number of benzene rings is 2. The van der Waals surface area contributed by atoms with Gasteiger partial charge in [-0.15, -0.1) is 0 Å². The van der Waals surface area contributed by atoms with E-state index in [1.54, 1.807) is 11.8 Å². The largest absolute Gasteiger partial charge is 0.454 e. The maximum absolute atomic E-state index is 12.0. The van der Waals surface area contributed by atoms with Crippen LogP contribution in [0, 0.1) is 0 Å². The van der Waals surface area contributed by atoms with Crippen molar-refractivity contribution in [2.75, 3.05) is 13.9 Å². The Labute approximate surface area is 173 Å². The fourth-order valence-electron chi connectivity index (χ4n) is 4.30. The molecule has 5 rings (SSSR count). The van der Waals surface area contributed by atoms with Crippen molar-refractivity contribution >= 4 is 12.0 Å². The fraction of sp³-hybridized carbons (Fsp3) is 0.217. The summed E-state index contributed by atoms with van der Waals surface area (Å²) in [5.74, 6) is 0.911. The number of rotatable bonds is 5. The van der Waals surface area contributed by atoms with Gasteiger partial charge in [0.2, 0.25) is 6.79 Å². The molecule has 2 N–H and O–H groups in total. The number of nitrogens with two attached hydrogens (primary N) is 1. The number of hydrogen-bond acceptors (Lipinski definition) is 5. The lowest BCUT2D eigenvalue weighted by molar-refractivity contribution is 0.0985. The molecule has 1 unspecified atom stereocenters. The van der Waals surface area contributed by atoms with Gasteiger partial charge in [0.05, 0.1) is 5.69 Å². The number of fused-ring (bicyclic) bond motifs is 2. The van der Waals surface area contributed by atoms with Crippen molar-refractivity contribution in [1.29, 1.82) is 0 Å². The Hall–Kier alpha value is -3.58. The molecule has 1 aliphatic carbocycles. The van der Waals surface area contributed by atoms with Gasteiger partial charge in [0.25, 0.3) is 5.91 Å². The van der Waals surface area contributed by atoms with Crippen LogP contribution in [-0.4, -0.2) is 29.6 Å². The molecule has 2 aromatic carbocycles. The van der Waals surface area contributed by atoms with Gasteiger partial charge in [-0.1, -0.05) is 48.6 Å². The number of primary amides is 1. The molecule has 0 saturated carbocycles. The lowest BCUT2D eigenvalue weighted by atomic mass is 9.68. The second-order valence-corrected chi connectivity index (χ2v) is 7.41. The van der Waals surface area contributed by atoms with Gasteiger partial charge >= 0.3 is 0 Å². The van der Waals surface area contributed by atoms with Crippen molar-refractivity contribution < 1.29 is 19.0 Å². The Bertz CT molecular complexity index is 1150. The minimum atomic E-state index is -0.555. The number of methoxy groups -OCH3 is 1. The highest BCUT2D eigenvalue weighted by Gasteiger charge is 2.39. The Morgan fingerprint density at radius 1 is 1.17 bits per heavy atom. The number of aromatic nitrogens is 2. The lowest BCUT2D eigenvalue weighted by Gasteiger charge is -2.35. The molecule has 30 heavy (non-hydrogen) atoms. The van der Waals surface area contributed by atoms with E-state index >= 15 is 0 Å². The predicted molar refractivity (Wildman–Crippen MR) is 110 cm³/mol. The molecule has 2 aliphatic rings. The van der Waals surface area contributed by atoms with Gasteiger partial charge < -0.3 is 19.9 Å². The maximum Gasteiger partial charge on any atom is 0.269 e. The molecule has 0 radical (unpaired) electrons. The predicted octanol–water partition coefficient (Wildman–Crippen LogP) is 2.87. The SMILES string of the molecule is COCn1nc(C(N)=O)c2c1CC(c1ccccc1)(c1ccc3c(c1)OCO3)C=C2. The van der Waals surface area contributed by atoms with Crippen LogP contribution in [-0.2, 0) is 23.3 Å². The summed E-state index contributed by atoms with van der Waals surface area (Å²) in [5, 5.41) is 4.41. The van der Waals surface area contributed by atoms with Gasteiger partial charge in [0.15, 0.2) is 17.2 Å². The zero-order chi connectivity index (χ0) is 20.7. The van der Waals surface area contributed by atoms with Crippen LogP contribution in [0.2, 0.25) is 0 Å². The summed E-state index contributed by atoms with van der Waals surface area (Å²) in [6, 6.07) is 16.3. The van der Waals surface area contributed by atoms with Crippen molar-refractivity contribution in [3.63, 3.8) is 0 Å². The van der Waals surface area contributed by atoms with E-state index in [0.717, 1.165) is 33.9 Å². The van der Waals surface area contributed by atoms with Crippen LogP contribution in [0.5, 0.6) is 11.5 Å². The van der Waals surface area contributed by atoms with E-state index in [0.29, 0.717) is 6.42 Å². The summed E-state index contributed by atoms with van der Waals surface area (Å²) in [7, 11) is 1.60. The van der Waals surface area contributed by atoms with Crippen molar-refractivity contribution in [2.24, 2.45) is 5.73 Å². The van der Waals surface area contributed by atoms with Crippen LogP contribution in [0.25, 0.3) is 6.08 Å². The maximum atomic E-state index is 12.0. The van der Waals surface area contributed by atoms with Gasteiger partial charge in [-0.25, -0.2) is 4.68 Å². The summed E-state index contributed by atoms with van der Waals surface area (Å²) in [5.41, 5.74) is 9.18. The van der Waals surface area contributed by atoms with E-state index in [1.165, 1.54) is 0 Å². The van der Waals surface area contributed by atoms with E-state index in [9.17, 15) is 4.79 Å². The van der Waals surface area contributed by atoms with Crippen molar-refractivity contribution in [3.05, 3.63) is 82.7 Å². The monoisotopic (exact) mass is 403 g/mol. The Kier molecular flexibility index (Phi) is 4.33. The number of allylic oxidation sites excluding steroid dienone is 1. The van der Waals surface area contributed by atoms with E-state index in [4.69, 9.17) is 19.9 Å². The number of carbonyl (C=O) groups excluding carboxylic acids is 1. The van der Waals surface area contributed by atoms with Gasteiger partial charge in [-0.05, 0) is 23.3 Å². The molecule has 0 spiro atoms. The highest BCUT2D eigenvalue weighted by Crippen LogP contribution is 2.45. The zero-order valence-electron chi connectivity index (χ0n) is 16.5. The molecular formula is C23H21N3O4. The normalized spacial score (nSPS) is 19.0. The number of carbonyl (C=O) groups is 1. The first kappa shape index (κ1) is 18.4. The molecule has 1 aromatic heterocycles. The second kappa shape index (κ2) is 7.03. The van der Waals surface area contributed by atoms with Crippen LogP contribution in [0.1, 0.15) is 32.9 Å². The molecule has 1 amide bonds. The molecule has 1 atom stereocenters. The molecule has 7 heteroatoms. The standard InChI is InChI=1S/C23H21N3O4/c1-28-13-26-18-12-23(15-5-3-2-4-6-15,10-9-17(18)21(25-26)22(24)27)16-7-8-19-20(11-16)30-14-29-19/h2-11H,12-14H2,1H3,(H2,24,27). The Morgan fingerprint density at radius 2 is 1.97 bits per heavy atom. The van der Waals surface area contributed by atoms with Crippen LogP contribution in [0.15, 0.2) is 54.6 Å². The topological polar surface area (TPSA) is 88.6 Å². The molecule has 3 aromatic rings. The lowest BCUT2D eigenvalue weighted by Crippen LogP contribution is -2.32. The second-order valence-electron chi connectivity index (χ2n) is 7.41. The number of hydrogen-bond donors (Lipinski definition) is 1. The van der Waals surface area contributed by atoms with E-state index in [2.05, 4.69) is 29.4 Å². The third-order valence-electron chi connectivity index (χ3n) is 5.74. The first-order valence-electron chi connectivity index (χ1n) is 9.66. The molecular weight excluding hydrogens is 382 g/mol. The minimum absolute atomic E-state index is 0.222. The smallest absolute Gasteiger partial charge is 0.269 e. The van der Waals surface area contributed by atoms with Gasteiger partial charge in [0.1, 0.15) is 6.73 Å². The highest BCUT2D eigenvalue weighted by molar-refractivity contribution is 5.95. The number of amides is 1. The molecule has 0 fully saturated rings. The van der Waals surface area contributed by atoms with Crippen LogP contribution < -0.4 is 15.2 Å². The summed E-state index contributed by atoms with van der Waals surface area (Å²) in [6.45, 7) is 0.454. The third kappa shape index (κ3) is 2.78.